The zero-order chi connectivity index (χ0) is 17.9. The Morgan fingerprint density at radius 2 is 1.92 bits per heavy atom. The molecule has 0 aliphatic rings. The molecule has 2 aromatic carbocycles. The van der Waals surface area contributed by atoms with E-state index >= 15 is 0 Å². The second-order valence-corrected chi connectivity index (χ2v) is 6.58. The van der Waals surface area contributed by atoms with Gasteiger partial charge in [0.05, 0.1) is 16.3 Å². The SMILES string of the molecule is C[C@H](Oc1ccc(Cl)cc1Cl)C(=O)Nc1ccc(Br)cc1C(=O)O. The standard InChI is InChI=1S/C16H12BrCl2NO4/c1-8(24-14-5-3-10(18)7-12(14)19)15(21)20-13-4-2-9(17)6-11(13)16(22)23/h2-8H,1H3,(H,20,21)(H,22,23)/t8-/m0/s1. The van der Waals surface area contributed by atoms with Crippen LogP contribution < -0.4 is 10.1 Å². The van der Waals surface area contributed by atoms with Gasteiger partial charge in [0.15, 0.2) is 6.10 Å². The molecule has 0 heterocycles. The highest BCUT2D eigenvalue weighted by Gasteiger charge is 2.19. The molecule has 24 heavy (non-hydrogen) atoms. The van der Waals surface area contributed by atoms with Crippen LogP contribution in [0.25, 0.3) is 0 Å². The molecule has 0 aromatic heterocycles. The number of benzene rings is 2. The first-order valence-electron chi connectivity index (χ1n) is 6.73. The maximum absolute atomic E-state index is 12.2. The van der Waals surface area contributed by atoms with Gasteiger partial charge in [-0.3, -0.25) is 4.79 Å². The Bertz CT molecular complexity index is 798. The maximum atomic E-state index is 12.2. The largest absolute Gasteiger partial charge is 0.479 e. The fourth-order valence-electron chi connectivity index (χ4n) is 1.85. The van der Waals surface area contributed by atoms with Crippen LogP contribution in [0.4, 0.5) is 5.69 Å². The van der Waals surface area contributed by atoms with E-state index in [-0.39, 0.29) is 16.3 Å². The van der Waals surface area contributed by atoms with Gasteiger partial charge in [-0.1, -0.05) is 39.1 Å². The second-order valence-electron chi connectivity index (χ2n) is 4.82. The third kappa shape index (κ3) is 4.63. The van der Waals surface area contributed by atoms with Crippen molar-refractivity contribution in [1.82, 2.24) is 0 Å². The number of anilines is 1. The number of carboxylic acid groups (broad SMARTS) is 1. The summed E-state index contributed by atoms with van der Waals surface area (Å²) in [4.78, 5) is 23.5. The van der Waals surface area contributed by atoms with E-state index in [1.807, 2.05) is 0 Å². The zero-order valence-corrected chi connectivity index (χ0v) is 15.4. The molecular weight excluding hydrogens is 421 g/mol. The predicted octanol–water partition coefficient (Wildman–Crippen LogP) is 4.86. The number of ether oxygens (including phenoxy) is 1. The molecule has 0 aliphatic heterocycles. The van der Waals surface area contributed by atoms with Crippen LogP contribution in [-0.2, 0) is 4.79 Å². The molecule has 2 N–H and O–H groups in total. The summed E-state index contributed by atoms with van der Waals surface area (Å²) in [6.07, 6.45) is -0.894. The van der Waals surface area contributed by atoms with E-state index in [1.165, 1.54) is 25.1 Å². The van der Waals surface area contributed by atoms with Crippen molar-refractivity contribution in [3.63, 3.8) is 0 Å². The number of hydrogen-bond acceptors (Lipinski definition) is 3. The third-order valence-electron chi connectivity index (χ3n) is 3.04. The van der Waals surface area contributed by atoms with Crippen LogP contribution in [0.5, 0.6) is 5.75 Å². The Balaban J connectivity index is 2.13. The molecule has 0 unspecified atom stereocenters. The molecule has 0 aliphatic carbocycles. The van der Waals surface area contributed by atoms with E-state index in [4.69, 9.17) is 27.9 Å². The number of carbonyl (C=O) groups is 2. The van der Waals surface area contributed by atoms with Gasteiger partial charge in [0.25, 0.3) is 5.91 Å². The Hall–Kier alpha value is -1.76. The van der Waals surface area contributed by atoms with E-state index in [9.17, 15) is 14.7 Å². The minimum atomic E-state index is -1.15. The molecule has 8 heteroatoms. The summed E-state index contributed by atoms with van der Waals surface area (Å²) in [6.45, 7) is 1.53. The van der Waals surface area contributed by atoms with Gasteiger partial charge in [-0.05, 0) is 43.3 Å². The number of nitrogens with one attached hydrogen (secondary N) is 1. The van der Waals surface area contributed by atoms with Crippen molar-refractivity contribution in [1.29, 1.82) is 0 Å². The van der Waals surface area contributed by atoms with Crippen LogP contribution >= 0.6 is 39.1 Å². The van der Waals surface area contributed by atoms with Crippen molar-refractivity contribution >= 4 is 56.7 Å². The number of carbonyl (C=O) groups excluding carboxylic acids is 1. The van der Waals surface area contributed by atoms with Gasteiger partial charge in [0.2, 0.25) is 0 Å². The molecule has 0 spiro atoms. The molecule has 5 nitrogen and oxygen atoms in total. The summed E-state index contributed by atoms with van der Waals surface area (Å²) >= 11 is 15.0. The van der Waals surface area contributed by atoms with Crippen molar-refractivity contribution in [2.75, 3.05) is 5.32 Å². The molecule has 0 saturated heterocycles. The van der Waals surface area contributed by atoms with Crippen LogP contribution in [-0.4, -0.2) is 23.1 Å². The van der Waals surface area contributed by atoms with Gasteiger partial charge in [0.1, 0.15) is 5.75 Å². The maximum Gasteiger partial charge on any atom is 0.337 e. The minimum Gasteiger partial charge on any atom is -0.479 e. The normalized spacial score (nSPS) is 11.7. The summed E-state index contributed by atoms with van der Waals surface area (Å²) < 4.78 is 6.09. The highest BCUT2D eigenvalue weighted by molar-refractivity contribution is 9.10. The van der Waals surface area contributed by atoms with Crippen molar-refractivity contribution in [2.24, 2.45) is 0 Å². The molecule has 1 amide bonds. The van der Waals surface area contributed by atoms with Gasteiger partial charge in [-0.25, -0.2) is 4.79 Å². The fraction of sp³-hybridized carbons (Fsp3) is 0.125. The van der Waals surface area contributed by atoms with Crippen LogP contribution in [0.2, 0.25) is 10.0 Å². The van der Waals surface area contributed by atoms with E-state index in [0.29, 0.717) is 15.2 Å². The van der Waals surface area contributed by atoms with Gasteiger partial charge in [-0.2, -0.15) is 0 Å². The first kappa shape index (κ1) is 18.6. The lowest BCUT2D eigenvalue weighted by Crippen LogP contribution is -2.30. The Labute approximate surface area is 156 Å². The van der Waals surface area contributed by atoms with Gasteiger partial charge < -0.3 is 15.2 Å². The third-order valence-corrected chi connectivity index (χ3v) is 4.06. The number of aromatic carboxylic acids is 1. The molecule has 2 rings (SSSR count). The minimum absolute atomic E-state index is 0.0329. The lowest BCUT2D eigenvalue weighted by molar-refractivity contribution is -0.122. The van der Waals surface area contributed by atoms with Crippen LogP contribution in [0.1, 0.15) is 17.3 Å². The summed E-state index contributed by atoms with van der Waals surface area (Å²) in [5, 5.41) is 12.5. The molecule has 0 saturated carbocycles. The van der Waals surface area contributed by atoms with Crippen LogP contribution in [0.3, 0.4) is 0 Å². The monoisotopic (exact) mass is 431 g/mol. The number of rotatable bonds is 5. The zero-order valence-electron chi connectivity index (χ0n) is 12.3. The van der Waals surface area contributed by atoms with Crippen molar-refractivity contribution in [3.05, 3.63) is 56.5 Å². The second kappa shape index (κ2) is 7.88. The quantitative estimate of drug-likeness (QED) is 0.707. The van der Waals surface area contributed by atoms with E-state index < -0.39 is 18.0 Å². The molecule has 0 fully saturated rings. The Morgan fingerprint density at radius 1 is 1.21 bits per heavy atom. The van der Waals surface area contributed by atoms with Crippen molar-refractivity contribution < 1.29 is 19.4 Å². The molecule has 0 bridgehead atoms. The van der Waals surface area contributed by atoms with Crippen molar-refractivity contribution in [2.45, 2.75) is 13.0 Å². The topological polar surface area (TPSA) is 75.6 Å². The van der Waals surface area contributed by atoms with Crippen LogP contribution in [0, 0.1) is 0 Å². The Morgan fingerprint density at radius 3 is 2.54 bits per heavy atom. The van der Waals surface area contributed by atoms with E-state index in [2.05, 4.69) is 21.2 Å². The molecule has 126 valence electrons. The molecule has 2 aromatic rings. The number of hydrogen-bond donors (Lipinski definition) is 2. The van der Waals surface area contributed by atoms with E-state index in [0.717, 1.165) is 0 Å². The fourth-order valence-corrected chi connectivity index (χ4v) is 2.67. The smallest absolute Gasteiger partial charge is 0.337 e. The number of carboxylic acids is 1. The highest BCUT2D eigenvalue weighted by atomic mass is 79.9. The molecule has 1 atom stereocenters. The Kier molecular flexibility index (Phi) is 6.10. The average molecular weight is 433 g/mol. The average Bonchev–Trinajstić information content (AvgIpc) is 2.51. The number of halogens is 3. The summed E-state index contributed by atoms with van der Waals surface area (Å²) in [5.74, 6) is -1.36. The number of amides is 1. The summed E-state index contributed by atoms with van der Waals surface area (Å²) in [6, 6.07) is 9.17. The molecule has 0 radical (unpaired) electrons. The van der Waals surface area contributed by atoms with Gasteiger partial charge in [0, 0.05) is 9.50 Å². The van der Waals surface area contributed by atoms with Crippen LogP contribution in [0.15, 0.2) is 40.9 Å². The first-order chi connectivity index (χ1) is 11.3. The predicted molar refractivity (Wildman–Crippen MR) is 96.3 cm³/mol. The van der Waals surface area contributed by atoms with Gasteiger partial charge in [-0.15, -0.1) is 0 Å². The van der Waals surface area contributed by atoms with Crippen molar-refractivity contribution in [3.8, 4) is 5.75 Å². The molecular formula is C16H12BrCl2NO4. The first-order valence-corrected chi connectivity index (χ1v) is 8.28. The van der Waals surface area contributed by atoms with Gasteiger partial charge >= 0.3 is 5.97 Å². The lowest BCUT2D eigenvalue weighted by atomic mass is 10.1. The summed E-state index contributed by atoms with van der Waals surface area (Å²) in [7, 11) is 0. The van der Waals surface area contributed by atoms with E-state index in [1.54, 1.807) is 18.2 Å². The lowest BCUT2D eigenvalue weighted by Gasteiger charge is -2.16. The summed E-state index contributed by atoms with van der Waals surface area (Å²) in [5.41, 5.74) is 0.141. The highest BCUT2D eigenvalue weighted by Crippen LogP contribution is 2.28.